The molecule has 0 aromatic heterocycles. The Morgan fingerprint density at radius 2 is 1.95 bits per heavy atom. The normalized spacial score (nSPS) is 29.8. The van der Waals surface area contributed by atoms with Crippen molar-refractivity contribution in [3.8, 4) is 0 Å². The molecule has 3 atom stereocenters. The van der Waals surface area contributed by atoms with Crippen molar-refractivity contribution in [2.45, 2.75) is 50.4 Å². The van der Waals surface area contributed by atoms with Crippen LogP contribution < -0.4 is 10.6 Å². The van der Waals surface area contributed by atoms with Gasteiger partial charge in [-0.2, -0.15) is 13.2 Å². The molecule has 1 aromatic carbocycles. The van der Waals surface area contributed by atoms with Crippen LogP contribution in [0.1, 0.15) is 37.7 Å². The lowest BCUT2D eigenvalue weighted by molar-refractivity contribution is -0.137. The molecular weight excluding hydrogens is 277 g/mol. The highest BCUT2D eigenvalue weighted by Gasteiger charge is 2.35. The monoisotopic (exact) mass is 298 g/mol. The van der Waals surface area contributed by atoms with Crippen molar-refractivity contribution >= 4 is 5.69 Å². The minimum atomic E-state index is -4.28. The molecule has 1 aliphatic heterocycles. The molecule has 2 N–H and O–H groups in total. The van der Waals surface area contributed by atoms with Gasteiger partial charge in [0.1, 0.15) is 0 Å². The summed E-state index contributed by atoms with van der Waals surface area (Å²) in [5.41, 5.74) is 0.000704. The molecule has 1 saturated heterocycles. The Kier molecular flexibility index (Phi) is 4.11. The molecule has 5 heteroatoms. The van der Waals surface area contributed by atoms with E-state index in [1.54, 1.807) is 6.07 Å². The van der Waals surface area contributed by atoms with E-state index in [9.17, 15) is 13.2 Å². The first kappa shape index (κ1) is 14.7. The van der Waals surface area contributed by atoms with E-state index in [0.29, 0.717) is 17.6 Å². The fourth-order valence-electron chi connectivity index (χ4n) is 3.73. The second-order valence-corrected chi connectivity index (χ2v) is 6.13. The fourth-order valence-corrected chi connectivity index (χ4v) is 3.73. The summed E-state index contributed by atoms with van der Waals surface area (Å²) in [6.07, 6.45) is 1.47. The third-order valence-corrected chi connectivity index (χ3v) is 4.73. The molecule has 116 valence electrons. The maximum atomic E-state index is 12.8. The second-order valence-electron chi connectivity index (χ2n) is 6.13. The molecule has 1 saturated carbocycles. The Balaban J connectivity index is 1.70. The van der Waals surface area contributed by atoms with Gasteiger partial charge in [-0.05, 0) is 56.3 Å². The van der Waals surface area contributed by atoms with Gasteiger partial charge in [0.15, 0.2) is 0 Å². The Morgan fingerprint density at radius 3 is 2.67 bits per heavy atom. The molecule has 2 fully saturated rings. The van der Waals surface area contributed by atoms with E-state index in [1.165, 1.54) is 25.0 Å². The fraction of sp³-hybridized carbons (Fsp3) is 0.625. The largest absolute Gasteiger partial charge is 0.416 e. The van der Waals surface area contributed by atoms with E-state index in [4.69, 9.17) is 0 Å². The number of benzene rings is 1. The Bertz CT molecular complexity index is 481. The number of hydrogen-bond acceptors (Lipinski definition) is 2. The van der Waals surface area contributed by atoms with Gasteiger partial charge in [0.05, 0.1) is 5.56 Å². The van der Waals surface area contributed by atoms with Gasteiger partial charge in [0.2, 0.25) is 0 Å². The third-order valence-electron chi connectivity index (χ3n) is 4.73. The summed E-state index contributed by atoms with van der Waals surface area (Å²) >= 11 is 0. The second kappa shape index (κ2) is 5.87. The van der Waals surface area contributed by atoms with Gasteiger partial charge in [-0.1, -0.05) is 12.5 Å². The van der Waals surface area contributed by atoms with E-state index in [-0.39, 0.29) is 6.04 Å². The van der Waals surface area contributed by atoms with Crippen LogP contribution in [0.2, 0.25) is 0 Å². The highest BCUT2D eigenvalue weighted by molar-refractivity contribution is 5.47. The van der Waals surface area contributed by atoms with Crippen LogP contribution in [0.25, 0.3) is 0 Å². The molecule has 1 heterocycles. The molecule has 2 nitrogen and oxygen atoms in total. The average molecular weight is 298 g/mol. The zero-order valence-electron chi connectivity index (χ0n) is 11.9. The molecule has 0 spiro atoms. The molecule has 0 amide bonds. The van der Waals surface area contributed by atoms with Crippen molar-refractivity contribution in [3.63, 3.8) is 0 Å². The Morgan fingerprint density at radius 1 is 1.10 bits per heavy atom. The van der Waals surface area contributed by atoms with E-state index in [2.05, 4.69) is 10.6 Å². The first-order valence-electron chi connectivity index (χ1n) is 7.71. The minimum Gasteiger partial charge on any atom is -0.382 e. The van der Waals surface area contributed by atoms with Crippen molar-refractivity contribution in [1.82, 2.24) is 5.32 Å². The summed E-state index contributed by atoms with van der Waals surface area (Å²) in [7, 11) is 0. The molecule has 1 aromatic rings. The van der Waals surface area contributed by atoms with E-state index in [1.807, 2.05) is 0 Å². The summed E-state index contributed by atoms with van der Waals surface area (Å²) in [5.74, 6) is 0.530. The van der Waals surface area contributed by atoms with Crippen molar-refractivity contribution < 1.29 is 13.2 Å². The Labute approximate surface area is 123 Å². The average Bonchev–Trinajstić information content (AvgIpc) is 3.08. The number of alkyl halides is 3. The van der Waals surface area contributed by atoms with Crippen LogP contribution in [-0.4, -0.2) is 18.6 Å². The van der Waals surface area contributed by atoms with Crippen molar-refractivity contribution in [2.75, 3.05) is 11.9 Å². The standard InChI is InChI=1S/C16H21F3N2/c17-16(18,19)11-4-1-5-12(10-11)21-15-7-2-6-13(15)14-8-3-9-20-14/h1,4-5,10,13-15,20-21H,2-3,6-9H2. The molecule has 0 bridgehead atoms. The molecule has 1 aliphatic carbocycles. The lowest BCUT2D eigenvalue weighted by Crippen LogP contribution is -2.38. The Hall–Kier alpha value is -1.23. The summed E-state index contributed by atoms with van der Waals surface area (Å²) < 4.78 is 38.3. The third kappa shape index (κ3) is 3.34. The van der Waals surface area contributed by atoms with E-state index < -0.39 is 11.7 Å². The van der Waals surface area contributed by atoms with Gasteiger partial charge in [-0.25, -0.2) is 0 Å². The zero-order valence-corrected chi connectivity index (χ0v) is 11.9. The van der Waals surface area contributed by atoms with Crippen molar-refractivity contribution in [1.29, 1.82) is 0 Å². The van der Waals surface area contributed by atoms with Gasteiger partial charge in [0.25, 0.3) is 0 Å². The van der Waals surface area contributed by atoms with Gasteiger partial charge in [-0.3, -0.25) is 0 Å². The SMILES string of the molecule is FC(F)(F)c1cccc(NC2CCCC2C2CCCN2)c1. The zero-order chi connectivity index (χ0) is 14.9. The van der Waals surface area contributed by atoms with Crippen LogP contribution >= 0.6 is 0 Å². The smallest absolute Gasteiger partial charge is 0.382 e. The van der Waals surface area contributed by atoms with Gasteiger partial charge >= 0.3 is 6.18 Å². The predicted molar refractivity (Wildman–Crippen MR) is 77.2 cm³/mol. The van der Waals surface area contributed by atoms with Gasteiger partial charge < -0.3 is 10.6 Å². The molecule has 2 aliphatic rings. The number of anilines is 1. The summed E-state index contributed by atoms with van der Waals surface area (Å²) in [6, 6.07) is 6.35. The first-order valence-corrected chi connectivity index (χ1v) is 7.71. The van der Waals surface area contributed by atoms with Crippen LogP contribution in [0.4, 0.5) is 18.9 Å². The lowest BCUT2D eigenvalue weighted by atomic mass is 9.93. The first-order chi connectivity index (χ1) is 10.0. The van der Waals surface area contributed by atoms with Gasteiger partial charge in [0, 0.05) is 17.8 Å². The van der Waals surface area contributed by atoms with Crippen LogP contribution in [0.15, 0.2) is 24.3 Å². The molecule has 3 unspecified atom stereocenters. The van der Waals surface area contributed by atoms with Gasteiger partial charge in [-0.15, -0.1) is 0 Å². The maximum Gasteiger partial charge on any atom is 0.416 e. The lowest BCUT2D eigenvalue weighted by Gasteiger charge is -2.27. The molecule has 0 radical (unpaired) electrons. The topological polar surface area (TPSA) is 24.1 Å². The van der Waals surface area contributed by atoms with Crippen LogP contribution in [0, 0.1) is 5.92 Å². The highest BCUT2D eigenvalue weighted by Crippen LogP contribution is 2.35. The van der Waals surface area contributed by atoms with Crippen LogP contribution in [-0.2, 0) is 6.18 Å². The summed E-state index contributed by atoms with van der Waals surface area (Å²) in [6.45, 7) is 1.07. The number of nitrogens with one attached hydrogen (secondary N) is 2. The van der Waals surface area contributed by atoms with Crippen molar-refractivity contribution in [3.05, 3.63) is 29.8 Å². The summed E-state index contributed by atoms with van der Waals surface area (Å²) in [5, 5.41) is 6.87. The summed E-state index contributed by atoms with van der Waals surface area (Å²) in [4.78, 5) is 0. The highest BCUT2D eigenvalue weighted by atomic mass is 19.4. The quantitative estimate of drug-likeness (QED) is 0.880. The van der Waals surface area contributed by atoms with E-state index in [0.717, 1.165) is 31.9 Å². The number of halogens is 3. The predicted octanol–water partition coefficient (Wildman–Crippen LogP) is 4.04. The minimum absolute atomic E-state index is 0.282. The molecular formula is C16H21F3N2. The molecule has 3 rings (SSSR count). The van der Waals surface area contributed by atoms with E-state index >= 15 is 0 Å². The number of rotatable bonds is 3. The number of hydrogen-bond donors (Lipinski definition) is 2. The maximum absolute atomic E-state index is 12.8. The van der Waals surface area contributed by atoms with Crippen LogP contribution in [0.5, 0.6) is 0 Å². The van der Waals surface area contributed by atoms with Crippen LogP contribution in [0.3, 0.4) is 0 Å². The molecule has 21 heavy (non-hydrogen) atoms. The van der Waals surface area contributed by atoms with Crippen molar-refractivity contribution in [2.24, 2.45) is 5.92 Å².